The smallest absolute Gasteiger partial charge is 0.210 e. The number of hydrogen-bond acceptors (Lipinski definition) is 4. The zero-order valence-corrected chi connectivity index (χ0v) is 12.1. The van der Waals surface area contributed by atoms with Gasteiger partial charge >= 0.3 is 0 Å². The van der Waals surface area contributed by atoms with E-state index in [1.807, 2.05) is 11.8 Å². The molecule has 1 aromatic carbocycles. The van der Waals surface area contributed by atoms with Gasteiger partial charge in [-0.25, -0.2) is 17.5 Å². The zero-order chi connectivity index (χ0) is 13.0. The molecule has 0 bridgehead atoms. The Labute approximate surface area is 115 Å². The number of benzene rings is 1. The van der Waals surface area contributed by atoms with Crippen LogP contribution in [0.4, 0.5) is 4.39 Å². The summed E-state index contributed by atoms with van der Waals surface area (Å²) >= 11 is 3.64. The van der Waals surface area contributed by atoms with Crippen LogP contribution < -0.4 is 4.72 Å². The third-order valence-corrected chi connectivity index (χ3v) is 6.79. The predicted octanol–water partition coefficient (Wildman–Crippen LogP) is 1.95. The van der Waals surface area contributed by atoms with Crippen LogP contribution in [-0.4, -0.2) is 37.5 Å². The highest BCUT2D eigenvalue weighted by atomic mass is 32.2. The van der Waals surface area contributed by atoms with Gasteiger partial charge in [0, 0.05) is 29.1 Å². The number of rotatable bonds is 4. The molecule has 1 aliphatic rings. The molecule has 1 heterocycles. The van der Waals surface area contributed by atoms with Crippen molar-refractivity contribution in [2.45, 2.75) is 10.1 Å². The average Bonchev–Trinajstić information content (AvgIpc) is 2.38. The highest BCUT2D eigenvalue weighted by molar-refractivity contribution is 8.06. The van der Waals surface area contributed by atoms with Gasteiger partial charge in [0.2, 0.25) is 10.0 Å². The van der Waals surface area contributed by atoms with E-state index in [4.69, 9.17) is 0 Å². The first kappa shape index (κ1) is 14.2. The maximum Gasteiger partial charge on any atom is 0.240 e. The van der Waals surface area contributed by atoms with E-state index in [0.717, 1.165) is 29.4 Å². The fraction of sp³-hybridized carbons (Fsp3) is 0.455. The van der Waals surface area contributed by atoms with Gasteiger partial charge in [-0.1, -0.05) is 0 Å². The largest absolute Gasteiger partial charge is 0.240 e. The molecule has 1 atom stereocenters. The minimum absolute atomic E-state index is 0.109. The van der Waals surface area contributed by atoms with Crippen molar-refractivity contribution in [3.8, 4) is 0 Å². The van der Waals surface area contributed by atoms with Crippen molar-refractivity contribution in [1.82, 2.24) is 4.72 Å². The van der Waals surface area contributed by atoms with Crippen molar-refractivity contribution in [3.63, 3.8) is 0 Å². The summed E-state index contributed by atoms with van der Waals surface area (Å²) in [5.41, 5.74) is 0. The van der Waals surface area contributed by atoms with E-state index in [1.165, 1.54) is 12.1 Å². The van der Waals surface area contributed by atoms with E-state index in [-0.39, 0.29) is 4.90 Å². The van der Waals surface area contributed by atoms with Crippen molar-refractivity contribution < 1.29 is 12.8 Å². The molecular weight excluding hydrogens is 293 g/mol. The fourth-order valence-corrected chi connectivity index (χ4v) is 5.35. The summed E-state index contributed by atoms with van der Waals surface area (Å²) in [7, 11) is -3.52. The Bertz CT molecular complexity index is 484. The Morgan fingerprint density at radius 2 is 2.00 bits per heavy atom. The van der Waals surface area contributed by atoms with Crippen LogP contribution in [0.2, 0.25) is 0 Å². The van der Waals surface area contributed by atoms with E-state index < -0.39 is 15.8 Å². The van der Waals surface area contributed by atoms with E-state index >= 15 is 0 Å². The first-order chi connectivity index (χ1) is 8.58. The van der Waals surface area contributed by atoms with E-state index in [9.17, 15) is 12.8 Å². The molecule has 1 saturated heterocycles. The van der Waals surface area contributed by atoms with Gasteiger partial charge in [-0.15, -0.1) is 0 Å². The molecule has 1 N–H and O–H groups in total. The van der Waals surface area contributed by atoms with Gasteiger partial charge in [0.1, 0.15) is 5.82 Å². The SMILES string of the molecule is O=S(=O)(NCC1CSCCS1)c1ccc(F)cc1. The van der Waals surface area contributed by atoms with Crippen molar-refractivity contribution in [2.75, 3.05) is 23.8 Å². The molecule has 0 saturated carbocycles. The van der Waals surface area contributed by atoms with Crippen LogP contribution in [0.1, 0.15) is 0 Å². The van der Waals surface area contributed by atoms with Crippen LogP contribution in [0.5, 0.6) is 0 Å². The topological polar surface area (TPSA) is 46.2 Å². The zero-order valence-electron chi connectivity index (χ0n) is 9.63. The normalized spacial score (nSPS) is 20.8. The van der Waals surface area contributed by atoms with E-state index in [0.29, 0.717) is 11.8 Å². The van der Waals surface area contributed by atoms with Crippen molar-refractivity contribution >= 4 is 33.5 Å². The summed E-state index contributed by atoms with van der Waals surface area (Å²) in [5.74, 6) is 2.73. The summed E-state index contributed by atoms with van der Waals surface area (Å²) < 4.78 is 39.2. The number of nitrogens with one attached hydrogen (secondary N) is 1. The van der Waals surface area contributed by atoms with Crippen LogP contribution in [0.25, 0.3) is 0 Å². The van der Waals surface area contributed by atoms with Crippen molar-refractivity contribution in [1.29, 1.82) is 0 Å². The minimum atomic E-state index is -3.52. The Balaban J connectivity index is 1.96. The highest BCUT2D eigenvalue weighted by Gasteiger charge is 2.19. The molecule has 1 aliphatic heterocycles. The lowest BCUT2D eigenvalue weighted by Crippen LogP contribution is -2.33. The first-order valence-electron chi connectivity index (χ1n) is 5.52. The number of hydrogen-bond donors (Lipinski definition) is 1. The van der Waals surface area contributed by atoms with Gasteiger partial charge in [-0.05, 0) is 24.3 Å². The Morgan fingerprint density at radius 1 is 1.28 bits per heavy atom. The predicted molar refractivity (Wildman–Crippen MR) is 75.2 cm³/mol. The highest BCUT2D eigenvalue weighted by Crippen LogP contribution is 2.23. The van der Waals surface area contributed by atoms with Crippen LogP contribution >= 0.6 is 23.5 Å². The molecule has 1 unspecified atom stereocenters. The lowest BCUT2D eigenvalue weighted by Gasteiger charge is -2.21. The maximum atomic E-state index is 12.7. The molecule has 1 fully saturated rings. The van der Waals surface area contributed by atoms with Crippen LogP contribution in [0, 0.1) is 5.82 Å². The molecule has 0 amide bonds. The first-order valence-corrected chi connectivity index (χ1v) is 9.21. The summed E-state index contributed by atoms with van der Waals surface area (Å²) in [6.07, 6.45) is 0. The average molecular weight is 307 g/mol. The lowest BCUT2D eigenvalue weighted by atomic mass is 10.4. The molecule has 0 aliphatic carbocycles. The standard InChI is InChI=1S/C11H14FNO2S3/c12-9-1-3-11(4-2-9)18(14,15)13-7-10-8-16-5-6-17-10/h1-4,10,13H,5-8H2. The summed E-state index contributed by atoms with van der Waals surface area (Å²) in [6, 6.07) is 4.86. The Kier molecular flexibility index (Phi) is 4.94. The molecule has 0 spiro atoms. The second-order valence-electron chi connectivity index (χ2n) is 3.87. The molecule has 1 aromatic rings. The van der Waals surface area contributed by atoms with Gasteiger partial charge in [0.05, 0.1) is 4.90 Å². The van der Waals surface area contributed by atoms with Gasteiger partial charge in [-0.2, -0.15) is 23.5 Å². The molecule has 100 valence electrons. The second-order valence-corrected chi connectivity index (χ2v) is 8.20. The Morgan fingerprint density at radius 3 is 2.61 bits per heavy atom. The van der Waals surface area contributed by atoms with Crippen LogP contribution in [0.3, 0.4) is 0 Å². The molecule has 2 rings (SSSR count). The van der Waals surface area contributed by atoms with Crippen molar-refractivity contribution in [2.24, 2.45) is 0 Å². The third-order valence-electron chi connectivity index (χ3n) is 2.51. The van der Waals surface area contributed by atoms with Gasteiger partial charge < -0.3 is 0 Å². The van der Waals surface area contributed by atoms with Gasteiger partial charge in [0.15, 0.2) is 0 Å². The molecular formula is C11H14FNO2S3. The van der Waals surface area contributed by atoms with E-state index in [1.54, 1.807) is 11.8 Å². The third kappa shape index (κ3) is 3.88. The molecule has 0 radical (unpaired) electrons. The van der Waals surface area contributed by atoms with E-state index in [2.05, 4.69) is 4.72 Å². The maximum absolute atomic E-state index is 12.7. The summed E-state index contributed by atoms with van der Waals surface area (Å²) in [5, 5.41) is 0.318. The number of thioether (sulfide) groups is 2. The van der Waals surface area contributed by atoms with Crippen LogP contribution in [-0.2, 0) is 10.0 Å². The lowest BCUT2D eigenvalue weighted by molar-refractivity contribution is 0.580. The monoisotopic (exact) mass is 307 g/mol. The van der Waals surface area contributed by atoms with Gasteiger partial charge in [-0.3, -0.25) is 0 Å². The quantitative estimate of drug-likeness (QED) is 0.923. The van der Waals surface area contributed by atoms with Gasteiger partial charge in [0.25, 0.3) is 0 Å². The summed E-state index contributed by atoms with van der Waals surface area (Å²) in [4.78, 5) is 0.109. The summed E-state index contributed by atoms with van der Waals surface area (Å²) in [6.45, 7) is 0.428. The Hall–Kier alpha value is -0.240. The molecule has 7 heteroatoms. The second kappa shape index (κ2) is 6.27. The molecule has 3 nitrogen and oxygen atoms in total. The number of halogens is 1. The number of sulfonamides is 1. The molecule has 0 aromatic heterocycles. The van der Waals surface area contributed by atoms with Crippen LogP contribution in [0.15, 0.2) is 29.2 Å². The minimum Gasteiger partial charge on any atom is -0.210 e. The van der Waals surface area contributed by atoms with Crippen molar-refractivity contribution in [3.05, 3.63) is 30.1 Å². The fourth-order valence-electron chi connectivity index (χ4n) is 1.55. The molecule has 18 heavy (non-hydrogen) atoms.